The summed E-state index contributed by atoms with van der Waals surface area (Å²) in [6.45, 7) is 0.732. The van der Waals surface area contributed by atoms with Gasteiger partial charge in [0.2, 0.25) is 6.41 Å². The van der Waals surface area contributed by atoms with Crippen molar-refractivity contribution in [2.24, 2.45) is 0 Å². The lowest BCUT2D eigenvalue weighted by Gasteiger charge is -2.33. The van der Waals surface area contributed by atoms with E-state index in [-0.39, 0.29) is 12.2 Å². The van der Waals surface area contributed by atoms with Crippen molar-refractivity contribution in [3.63, 3.8) is 0 Å². The van der Waals surface area contributed by atoms with E-state index in [2.05, 4.69) is 4.74 Å². The molecule has 1 amide bonds. The second-order valence-electron chi connectivity index (χ2n) is 4.17. The first kappa shape index (κ1) is 14.6. The van der Waals surface area contributed by atoms with Gasteiger partial charge in [0, 0.05) is 18.2 Å². The number of benzene rings is 1. The molecule has 2 rings (SSSR count). The minimum Gasteiger partial charge on any atom is -0.406 e. The van der Waals surface area contributed by atoms with Gasteiger partial charge in [0.15, 0.2) is 0 Å². The molecule has 1 heterocycles. The van der Waals surface area contributed by atoms with Crippen molar-refractivity contribution in [1.82, 2.24) is 4.90 Å². The summed E-state index contributed by atoms with van der Waals surface area (Å²) in [6.07, 6.45) is -4.32. The van der Waals surface area contributed by atoms with Crippen LogP contribution in [0.3, 0.4) is 0 Å². The quantitative estimate of drug-likeness (QED) is 0.634. The van der Waals surface area contributed by atoms with Crippen LogP contribution in [0.15, 0.2) is 18.2 Å². The van der Waals surface area contributed by atoms with Gasteiger partial charge < -0.3 is 14.4 Å². The van der Waals surface area contributed by atoms with Crippen LogP contribution in [0.25, 0.3) is 0 Å². The fraction of sp³-hybridized carbons (Fsp3) is 0.417. The van der Waals surface area contributed by atoms with E-state index in [1.165, 1.54) is 4.90 Å². The SMILES string of the molecule is O=CN1CCOC[C@H]1c1ccc(OC(F)(F)F)cc1F. The van der Waals surface area contributed by atoms with Gasteiger partial charge in [0.1, 0.15) is 11.6 Å². The van der Waals surface area contributed by atoms with Gasteiger partial charge >= 0.3 is 6.36 Å². The molecular weight excluding hydrogens is 282 g/mol. The van der Waals surface area contributed by atoms with Gasteiger partial charge in [-0.2, -0.15) is 0 Å². The van der Waals surface area contributed by atoms with Crippen LogP contribution in [0.2, 0.25) is 0 Å². The maximum absolute atomic E-state index is 13.9. The Bertz CT molecular complexity index is 492. The number of rotatable bonds is 3. The molecule has 20 heavy (non-hydrogen) atoms. The molecule has 0 saturated carbocycles. The predicted molar refractivity (Wildman–Crippen MR) is 59.4 cm³/mol. The fourth-order valence-electron chi connectivity index (χ4n) is 1.99. The first-order valence-corrected chi connectivity index (χ1v) is 5.74. The molecule has 8 heteroatoms. The van der Waals surface area contributed by atoms with Gasteiger partial charge in [0.25, 0.3) is 0 Å². The number of hydrogen-bond donors (Lipinski definition) is 0. The highest BCUT2D eigenvalue weighted by Gasteiger charge is 2.32. The summed E-state index contributed by atoms with van der Waals surface area (Å²) in [6, 6.07) is 2.15. The Labute approximate surface area is 111 Å². The molecule has 1 aromatic carbocycles. The Morgan fingerprint density at radius 3 is 2.75 bits per heavy atom. The second kappa shape index (κ2) is 5.66. The lowest BCUT2D eigenvalue weighted by Crippen LogP contribution is -2.38. The third kappa shape index (κ3) is 3.38. The average Bonchev–Trinajstić information content (AvgIpc) is 2.37. The Kier molecular flexibility index (Phi) is 4.12. The molecule has 4 nitrogen and oxygen atoms in total. The van der Waals surface area contributed by atoms with Gasteiger partial charge in [-0.3, -0.25) is 4.79 Å². The Morgan fingerprint density at radius 1 is 1.40 bits per heavy atom. The lowest BCUT2D eigenvalue weighted by molar-refractivity contribution is -0.274. The highest BCUT2D eigenvalue weighted by Crippen LogP contribution is 2.30. The van der Waals surface area contributed by atoms with Crippen LogP contribution < -0.4 is 4.74 Å². The molecule has 1 aliphatic heterocycles. The van der Waals surface area contributed by atoms with E-state index < -0.39 is 24.0 Å². The average molecular weight is 293 g/mol. The zero-order chi connectivity index (χ0) is 14.8. The van der Waals surface area contributed by atoms with Crippen molar-refractivity contribution in [1.29, 1.82) is 0 Å². The normalized spacial score (nSPS) is 19.8. The van der Waals surface area contributed by atoms with Crippen LogP contribution in [0, 0.1) is 5.82 Å². The van der Waals surface area contributed by atoms with Crippen LogP contribution in [0.4, 0.5) is 17.6 Å². The number of carbonyl (C=O) groups is 1. The van der Waals surface area contributed by atoms with E-state index in [0.29, 0.717) is 25.6 Å². The van der Waals surface area contributed by atoms with Gasteiger partial charge in [0.05, 0.1) is 19.3 Å². The molecule has 0 N–H and O–H groups in total. The first-order chi connectivity index (χ1) is 9.40. The summed E-state index contributed by atoms with van der Waals surface area (Å²) in [5.41, 5.74) is 0.0892. The largest absolute Gasteiger partial charge is 0.573 e. The van der Waals surface area contributed by atoms with Gasteiger partial charge in [-0.1, -0.05) is 6.07 Å². The molecule has 0 bridgehead atoms. The summed E-state index contributed by atoms with van der Waals surface area (Å²) in [5.74, 6) is -1.53. The molecule has 0 spiro atoms. The maximum atomic E-state index is 13.9. The fourth-order valence-corrected chi connectivity index (χ4v) is 1.99. The summed E-state index contributed by atoms with van der Waals surface area (Å²) >= 11 is 0. The number of halogens is 4. The third-order valence-electron chi connectivity index (χ3n) is 2.87. The predicted octanol–water partition coefficient (Wildman–Crippen LogP) is 2.25. The number of carbonyl (C=O) groups excluding carboxylic acids is 1. The summed E-state index contributed by atoms with van der Waals surface area (Å²) in [7, 11) is 0. The van der Waals surface area contributed by atoms with Crippen LogP contribution >= 0.6 is 0 Å². The highest BCUT2D eigenvalue weighted by molar-refractivity contribution is 5.49. The second-order valence-corrected chi connectivity index (χ2v) is 4.17. The monoisotopic (exact) mass is 293 g/mol. The summed E-state index contributed by atoms with van der Waals surface area (Å²) < 4.78 is 58.7. The van der Waals surface area contributed by atoms with Crippen molar-refractivity contribution in [3.05, 3.63) is 29.6 Å². The number of ether oxygens (including phenoxy) is 2. The van der Waals surface area contributed by atoms with Crippen molar-refractivity contribution in [2.45, 2.75) is 12.4 Å². The van der Waals surface area contributed by atoms with Crippen molar-refractivity contribution < 1.29 is 31.8 Å². The molecule has 0 aliphatic carbocycles. The highest BCUT2D eigenvalue weighted by atomic mass is 19.4. The molecule has 0 unspecified atom stereocenters. The van der Waals surface area contributed by atoms with Crippen molar-refractivity contribution in [2.75, 3.05) is 19.8 Å². The van der Waals surface area contributed by atoms with Crippen molar-refractivity contribution in [3.8, 4) is 5.75 Å². The Balaban J connectivity index is 2.22. The lowest BCUT2D eigenvalue weighted by atomic mass is 10.0. The van der Waals surface area contributed by atoms with E-state index in [9.17, 15) is 22.4 Å². The minimum absolute atomic E-state index is 0.0892. The van der Waals surface area contributed by atoms with Crippen LogP contribution in [-0.4, -0.2) is 37.4 Å². The molecule has 1 aromatic rings. The number of amides is 1. The topological polar surface area (TPSA) is 38.8 Å². The van der Waals surface area contributed by atoms with Gasteiger partial charge in [-0.05, 0) is 6.07 Å². The standard InChI is InChI=1S/C12H11F4NO3/c13-10-5-8(20-12(14,15)16)1-2-9(10)11-6-19-4-3-17(11)7-18/h1-2,5,7,11H,3-4,6H2/t11-/m0/s1. The molecule has 1 fully saturated rings. The molecule has 110 valence electrons. The smallest absolute Gasteiger partial charge is 0.406 e. The van der Waals surface area contributed by atoms with E-state index in [1.807, 2.05) is 0 Å². The number of alkyl halides is 3. The van der Waals surface area contributed by atoms with E-state index in [4.69, 9.17) is 4.74 Å². The van der Waals surface area contributed by atoms with Crippen molar-refractivity contribution >= 4 is 6.41 Å². The van der Waals surface area contributed by atoms with E-state index in [0.717, 1.165) is 12.1 Å². The zero-order valence-electron chi connectivity index (χ0n) is 10.2. The molecule has 1 saturated heterocycles. The Morgan fingerprint density at radius 2 is 2.15 bits per heavy atom. The molecular formula is C12H11F4NO3. The van der Waals surface area contributed by atoms with Crippen LogP contribution in [0.5, 0.6) is 5.75 Å². The molecule has 0 radical (unpaired) electrons. The number of morpholine rings is 1. The molecule has 1 aliphatic rings. The number of nitrogens with zero attached hydrogens (tertiary/aromatic N) is 1. The third-order valence-corrected chi connectivity index (χ3v) is 2.87. The van der Waals surface area contributed by atoms with Crippen LogP contribution in [0.1, 0.15) is 11.6 Å². The first-order valence-electron chi connectivity index (χ1n) is 5.74. The van der Waals surface area contributed by atoms with Gasteiger partial charge in [-0.15, -0.1) is 13.2 Å². The van der Waals surface area contributed by atoms with Gasteiger partial charge in [-0.25, -0.2) is 4.39 Å². The Hall–Kier alpha value is -1.83. The molecule has 0 aromatic heterocycles. The van der Waals surface area contributed by atoms with E-state index >= 15 is 0 Å². The van der Waals surface area contributed by atoms with Crippen LogP contribution in [-0.2, 0) is 9.53 Å². The molecule has 1 atom stereocenters. The number of hydrogen-bond acceptors (Lipinski definition) is 3. The zero-order valence-corrected chi connectivity index (χ0v) is 10.2. The maximum Gasteiger partial charge on any atom is 0.573 e. The summed E-state index contributed by atoms with van der Waals surface area (Å²) in [4.78, 5) is 12.2. The van der Waals surface area contributed by atoms with E-state index in [1.54, 1.807) is 0 Å². The minimum atomic E-state index is -4.88. The summed E-state index contributed by atoms with van der Waals surface area (Å²) in [5, 5.41) is 0.